The number of carbonyl (C=O) groups excluding carboxylic acids is 1. The summed E-state index contributed by atoms with van der Waals surface area (Å²) >= 11 is 0. The van der Waals surface area contributed by atoms with Crippen molar-refractivity contribution in [1.82, 2.24) is 15.1 Å². The van der Waals surface area contributed by atoms with Crippen LogP contribution in [-0.4, -0.2) is 22.8 Å². The fourth-order valence-electron chi connectivity index (χ4n) is 2.79. The summed E-state index contributed by atoms with van der Waals surface area (Å²) in [7, 11) is 1.63. The van der Waals surface area contributed by atoms with Gasteiger partial charge in [0, 0.05) is 11.3 Å². The van der Waals surface area contributed by atoms with Gasteiger partial charge in [0.1, 0.15) is 11.8 Å². The van der Waals surface area contributed by atoms with Gasteiger partial charge < -0.3 is 10.1 Å². The van der Waals surface area contributed by atoms with E-state index in [2.05, 4.69) is 10.4 Å². The van der Waals surface area contributed by atoms with Crippen LogP contribution in [0.5, 0.6) is 5.75 Å². The third-order valence-corrected chi connectivity index (χ3v) is 4.01. The minimum atomic E-state index is -0.548. The maximum atomic E-state index is 12.7. The Kier molecular flexibility index (Phi) is 4.78. The number of rotatable bonds is 5. The van der Waals surface area contributed by atoms with Crippen LogP contribution < -0.4 is 10.1 Å². The number of carbonyl (C=O) groups is 1. The van der Waals surface area contributed by atoms with Crippen LogP contribution in [0.1, 0.15) is 43.8 Å². The molecule has 23 heavy (non-hydrogen) atoms. The molecule has 5 nitrogen and oxygen atoms in total. The second-order valence-electron chi connectivity index (χ2n) is 6.36. The highest BCUT2D eigenvalue weighted by Gasteiger charge is 2.29. The molecule has 124 valence electrons. The van der Waals surface area contributed by atoms with E-state index in [1.165, 1.54) is 0 Å². The van der Waals surface area contributed by atoms with Crippen molar-refractivity contribution < 1.29 is 9.53 Å². The number of benzene rings is 1. The van der Waals surface area contributed by atoms with E-state index in [9.17, 15) is 4.79 Å². The number of aryl methyl sites for hydroxylation is 2. The molecule has 0 radical (unpaired) electrons. The topological polar surface area (TPSA) is 56.1 Å². The molecule has 1 unspecified atom stereocenters. The van der Waals surface area contributed by atoms with Gasteiger partial charge in [-0.1, -0.05) is 18.2 Å². The monoisotopic (exact) mass is 315 g/mol. The van der Waals surface area contributed by atoms with Gasteiger partial charge in [0.05, 0.1) is 18.3 Å². The van der Waals surface area contributed by atoms with E-state index < -0.39 is 5.54 Å². The minimum absolute atomic E-state index is 0.0768. The van der Waals surface area contributed by atoms with Crippen molar-refractivity contribution in [3.05, 3.63) is 47.3 Å². The maximum Gasteiger partial charge on any atom is 0.245 e. The molecule has 0 fully saturated rings. The van der Waals surface area contributed by atoms with Gasteiger partial charge >= 0.3 is 0 Å². The van der Waals surface area contributed by atoms with E-state index in [4.69, 9.17) is 4.74 Å². The number of hydrogen-bond acceptors (Lipinski definition) is 3. The predicted molar refractivity (Wildman–Crippen MR) is 90.6 cm³/mol. The number of aromatic nitrogens is 2. The third kappa shape index (κ3) is 3.55. The van der Waals surface area contributed by atoms with Crippen molar-refractivity contribution >= 4 is 5.91 Å². The van der Waals surface area contributed by atoms with Gasteiger partial charge in [-0.3, -0.25) is 9.48 Å². The molecular weight excluding hydrogens is 290 g/mol. The molecule has 0 aliphatic heterocycles. The van der Waals surface area contributed by atoms with Crippen LogP contribution in [0.3, 0.4) is 0 Å². The zero-order valence-electron chi connectivity index (χ0n) is 14.7. The first-order chi connectivity index (χ1) is 10.8. The van der Waals surface area contributed by atoms with E-state index in [1.54, 1.807) is 11.8 Å². The number of para-hydroxylation sites is 1. The second kappa shape index (κ2) is 6.44. The van der Waals surface area contributed by atoms with Crippen LogP contribution in [0.2, 0.25) is 0 Å². The largest absolute Gasteiger partial charge is 0.496 e. The van der Waals surface area contributed by atoms with Crippen molar-refractivity contribution in [3.8, 4) is 5.75 Å². The molecule has 0 saturated heterocycles. The van der Waals surface area contributed by atoms with Crippen molar-refractivity contribution in [2.75, 3.05) is 7.11 Å². The standard InChI is InChI=1S/C18H25N3O2/c1-12-11-13(2)21(20-12)14(3)17(22)19-18(4,5)15-9-7-8-10-16(15)23-6/h7-11,14H,1-6H3,(H,19,22). The number of ether oxygens (including phenoxy) is 1. The number of methoxy groups -OCH3 is 1. The SMILES string of the molecule is COc1ccccc1C(C)(C)NC(=O)C(C)n1nc(C)cc1C. The third-order valence-electron chi connectivity index (χ3n) is 4.01. The van der Waals surface area contributed by atoms with Gasteiger partial charge in [-0.05, 0) is 46.8 Å². The summed E-state index contributed by atoms with van der Waals surface area (Å²) in [5.41, 5.74) is 2.27. The molecule has 1 aromatic heterocycles. The van der Waals surface area contributed by atoms with Crippen molar-refractivity contribution in [1.29, 1.82) is 0 Å². The zero-order valence-corrected chi connectivity index (χ0v) is 14.7. The molecule has 0 aliphatic carbocycles. The predicted octanol–water partition coefficient (Wildman–Crippen LogP) is 3.12. The van der Waals surface area contributed by atoms with Crippen LogP contribution in [0.25, 0.3) is 0 Å². The molecule has 2 aromatic rings. The minimum Gasteiger partial charge on any atom is -0.496 e. The molecule has 0 bridgehead atoms. The van der Waals surface area contributed by atoms with Gasteiger partial charge in [-0.2, -0.15) is 5.10 Å². The van der Waals surface area contributed by atoms with Crippen LogP contribution in [0.15, 0.2) is 30.3 Å². The molecule has 5 heteroatoms. The number of amides is 1. The smallest absolute Gasteiger partial charge is 0.245 e. The number of nitrogens with one attached hydrogen (secondary N) is 1. The summed E-state index contributed by atoms with van der Waals surface area (Å²) in [6.45, 7) is 9.67. The molecule has 1 heterocycles. The number of nitrogens with zero attached hydrogens (tertiary/aromatic N) is 2. The Morgan fingerprint density at radius 1 is 1.30 bits per heavy atom. The van der Waals surface area contributed by atoms with Crippen molar-refractivity contribution in [2.24, 2.45) is 0 Å². The molecule has 0 aliphatic rings. The summed E-state index contributed by atoms with van der Waals surface area (Å²) < 4.78 is 7.16. The van der Waals surface area contributed by atoms with E-state index in [-0.39, 0.29) is 11.9 Å². The van der Waals surface area contributed by atoms with Crippen molar-refractivity contribution in [2.45, 2.75) is 46.2 Å². The van der Waals surface area contributed by atoms with E-state index >= 15 is 0 Å². The highest BCUT2D eigenvalue weighted by molar-refractivity contribution is 5.81. The molecule has 2 rings (SSSR count). The first-order valence-corrected chi connectivity index (χ1v) is 7.74. The Balaban J connectivity index is 2.22. The van der Waals surface area contributed by atoms with Crippen LogP contribution in [0, 0.1) is 13.8 Å². The lowest BCUT2D eigenvalue weighted by Gasteiger charge is -2.30. The Hall–Kier alpha value is -2.30. The summed E-state index contributed by atoms with van der Waals surface area (Å²) in [6, 6.07) is 9.31. The summed E-state index contributed by atoms with van der Waals surface area (Å²) in [6.07, 6.45) is 0. The molecule has 1 amide bonds. The van der Waals surface area contributed by atoms with Gasteiger partial charge in [-0.25, -0.2) is 0 Å². The lowest BCUT2D eigenvalue weighted by molar-refractivity contribution is -0.125. The van der Waals surface area contributed by atoms with Crippen LogP contribution in [-0.2, 0) is 10.3 Å². The van der Waals surface area contributed by atoms with Gasteiger partial charge in [-0.15, -0.1) is 0 Å². The van der Waals surface area contributed by atoms with E-state index in [0.717, 1.165) is 22.7 Å². The highest BCUT2D eigenvalue weighted by atomic mass is 16.5. The first-order valence-electron chi connectivity index (χ1n) is 7.74. The molecule has 1 aromatic carbocycles. The summed E-state index contributed by atoms with van der Waals surface area (Å²) in [4.78, 5) is 12.7. The van der Waals surface area contributed by atoms with Gasteiger partial charge in [0.2, 0.25) is 5.91 Å². The van der Waals surface area contributed by atoms with E-state index in [0.29, 0.717) is 0 Å². The van der Waals surface area contributed by atoms with Crippen LogP contribution in [0.4, 0.5) is 0 Å². The average Bonchev–Trinajstić information content (AvgIpc) is 2.84. The Bertz CT molecular complexity index is 704. The van der Waals surface area contributed by atoms with Crippen molar-refractivity contribution in [3.63, 3.8) is 0 Å². The van der Waals surface area contributed by atoms with E-state index in [1.807, 2.05) is 65.0 Å². The van der Waals surface area contributed by atoms with Crippen LogP contribution >= 0.6 is 0 Å². The Morgan fingerprint density at radius 2 is 1.96 bits per heavy atom. The zero-order chi connectivity index (χ0) is 17.2. The lowest BCUT2D eigenvalue weighted by atomic mass is 9.93. The second-order valence-corrected chi connectivity index (χ2v) is 6.36. The maximum absolute atomic E-state index is 12.7. The highest BCUT2D eigenvalue weighted by Crippen LogP contribution is 2.29. The van der Waals surface area contributed by atoms with Gasteiger partial charge in [0.15, 0.2) is 0 Å². The molecule has 1 N–H and O–H groups in total. The number of hydrogen-bond donors (Lipinski definition) is 1. The molecule has 0 spiro atoms. The Morgan fingerprint density at radius 3 is 2.52 bits per heavy atom. The van der Waals surface area contributed by atoms with Gasteiger partial charge in [0.25, 0.3) is 0 Å². The lowest BCUT2D eigenvalue weighted by Crippen LogP contribution is -2.44. The fourth-order valence-corrected chi connectivity index (χ4v) is 2.79. The summed E-state index contributed by atoms with van der Waals surface area (Å²) in [5, 5.41) is 7.50. The quantitative estimate of drug-likeness (QED) is 0.922. The molecule has 1 atom stereocenters. The summed E-state index contributed by atoms with van der Waals surface area (Å²) in [5.74, 6) is 0.684. The Labute approximate surface area is 137 Å². The molecule has 0 saturated carbocycles. The first kappa shape index (κ1) is 17.1. The average molecular weight is 315 g/mol. The fraction of sp³-hybridized carbons (Fsp3) is 0.444. The molecular formula is C18H25N3O2. The normalized spacial score (nSPS) is 12.8.